The number of amides is 1. The Morgan fingerprint density at radius 1 is 1.26 bits per heavy atom. The van der Waals surface area contributed by atoms with E-state index < -0.39 is 0 Å². The van der Waals surface area contributed by atoms with Crippen molar-refractivity contribution < 1.29 is 13.9 Å². The summed E-state index contributed by atoms with van der Waals surface area (Å²) in [6.45, 7) is 1.62. The highest BCUT2D eigenvalue weighted by Gasteiger charge is 2.23. The van der Waals surface area contributed by atoms with Crippen LogP contribution in [-0.4, -0.2) is 32.1 Å². The number of carbonyl (C=O) groups excluding carboxylic acids is 1. The summed E-state index contributed by atoms with van der Waals surface area (Å²) >= 11 is 0. The number of hydrogen-bond donors (Lipinski definition) is 2. The van der Waals surface area contributed by atoms with Gasteiger partial charge in [-0.15, -0.1) is 12.4 Å². The van der Waals surface area contributed by atoms with E-state index in [2.05, 4.69) is 10.6 Å². The molecule has 1 unspecified atom stereocenters. The van der Waals surface area contributed by atoms with Gasteiger partial charge in [0, 0.05) is 29.6 Å². The minimum Gasteiger partial charge on any atom is -0.497 e. The van der Waals surface area contributed by atoms with E-state index in [1.807, 2.05) is 48.5 Å². The standard InChI is InChI=1S/C21H22N2O3.ClH/c1-25-16-9-10-17-18(12-16)26-20(19(17)14-6-3-2-4-7-14)21(24)23-13-15-8-5-11-22-15;/h2-4,6-7,9-10,12,15,22H,5,8,11,13H2,1H3,(H,23,24);1H. The smallest absolute Gasteiger partial charge is 0.287 e. The van der Waals surface area contributed by atoms with Crippen molar-refractivity contribution in [3.05, 3.63) is 54.3 Å². The van der Waals surface area contributed by atoms with Crippen LogP contribution in [0.4, 0.5) is 0 Å². The molecule has 2 heterocycles. The highest BCUT2D eigenvalue weighted by Crippen LogP contribution is 2.36. The monoisotopic (exact) mass is 386 g/mol. The second-order valence-electron chi connectivity index (χ2n) is 6.54. The summed E-state index contributed by atoms with van der Waals surface area (Å²) in [7, 11) is 1.62. The van der Waals surface area contributed by atoms with Crippen molar-refractivity contribution in [3.63, 3.8) is 0 Å². The number of carbonyl (C=O) groups is 1. The maximum Gasteiger partial charge on any atom is 0.287 e. The first-order chi connectivity index (χ1) is 12.8. The Labute approximate surface area is 164 Å². The van der Waals surface area contributed by atoms with Gasteiger partial charge in [-0.05, 0) is 37.1 Å². The largest absolute Gasteiger partial charge is 0.497 e. The molecule has 3 aromatic rings. The van der Waals surface area contributed by atoms with Crippen molar-refractivity contribution in [2.75, 3.05) is 20.2 Å². The van der Waals surface area contributed by atoms with Crippen molar-refractivity contribution in [1.82, 2.24) is 10.6 Å². The molecule has 5 nitrogen and oxygen atoms in total. The van der Waals surface area contributed by atoms with E-state index >= 15 is 0 Å². The van der Waals surface area contributed by atoms with Crippen LogP contribution in [0.3, 0.4) is 0 Å². The lowest BCUT2D eigenvalue weighted by atomic mass is 10.0. The maximum absolute atomic E-state index is 12.9. The molecule has 1 aliphatic rings. The fourth-order valence-electron chi connectivity index (χ4n) is 3.48. The summed E-state index contributed by atoms with van der Waals surface area (Å²) < 4.78 is 11.2. The molecule has 0 spiro atoms. The summed E-state index contributed by atoms with van der Waals surface area (Å²) in [5.41, 5.74) is 2.42. The first kappa shape index (κ1) is 19.3. The number of nitrogens with one attached hydrogen (secondary N) is 2. The summed E-state index contributed by atoms with van der Waals surface area (Å²) in [6, 6.07) is 15.8. The summed E-state index contributed by atoms with van der Waals surface area (Å²) in [5, 5.41) is 7.31. The molecule has 2 N–H and O–H groups in total. The molecule has 0 bridgehead atoms. The van der Waals surface area contributed by atoms with E-state index in [0.717, 1.165) is 35.9 Å². The van der Waals surface area contributed by atoms with Crippen LogP contribution in [0.15, 0.2) is 52.9 Å². The first-order valence-electron chi connectivity index (χ1n) is 8.94. The molecule has 0 aliphatic carbocycles. The molecule has 142 valence electrons. The zero-order chi connectivity index (χ0) is 17.9. The van der Waals surface area contributed by atoms with E-state index in [0.29, 0.717) is 29.7 Å². The van der Waals surface area contributed by atoms with Crippen LogP contribution in [0.5, 0.6) is 5.75 Å². The predicted molar refractivity (Wildman–Crippen MR) is 109 cm³/mol. The van der Waals surface area contributed by atoms with Gasteiger partial charge >= 0.3 is 0 Å². The Morgan fingerprint density at radius 2 is 2.07 bits per heavy atom. The van der Waals surface area contributed by atoms with Gasteiger partial charge in [0.25, 0.3) is 5.91 Å². The number of rotatable bonds is 5. The highest BCUT2D eigenvalue weighted by molar-refractivity contribution is 6.08. The second kappa shape index (κ2) is 8.46. The van der Waals surface area contributed by atoms with Crippen LogP contribution in [0.1, 0.15) is 23.4 Å². The van der Waals surface area contributed by atoms with Crippen LogP contribution in [0, 0.1) is 0 Å². The number of methoxy groups -OCH3 is 1. The number of benzene rings is 2. The topological polar surface area (TPSA) is 63.5 Å². The van der Waals surface area contributed by atoms with Crippen LogP contribution < -0.4 is 15.4 Å². The van der Waals surface area contributed by atoms with Gasteiger partial charge in [-0.25, -0.2) is 0 Å². The van der Waals surface area contributed by atoms with Crippen LogP contribution in [0.25, 0.3) is 22.1 Å². The molecule has 1 aliphatic heterocycles. The Bertz CT molecular complexity index is 918. The summed E-state index contributed by atoms with van der Waals surface area (Å²) in [6.07, 6.45) is 2.24. The zero-order valence-electron chi connectivity index (χ0n) is 15.2. The van der Waals surface area contributed by atoms with Crippen LogP contribution >= 0.6 is 12.4 Å². The average Bonchev–Trinajstić information content (AvgIpc) is 3.33. The van der Waals surface area contributed by atoms with Gasteiger partial charge in [0.2, 0.25) is 5.76 Å². The predicted octanol–water partition coefficient (Wildman–Crippen LogP) is 4.01. The van der Waals surface area contributed by atoms with Crippen LogP contribution in [-0.2, 0) is 0 Å². The summed E-state index contributed by atoms with van der Waals surface area (Å²) in [5.74, 6) is 0.859. The second-order valence-corrected chi connectivity index (χ2v) is 6.54. The number of fused-ring (bicyclic) bond motifs is 1. The first-order valence-corrected chi connectivity index (χ1v) is 8.94. The van der Waals surface area contributed by atoms with Gasteiger partial charge in [0.05, 0.1) is 7.11 Å². The van der Waals surface area contributed by atoms with E-state index in [-0.39, 0.29) is 18.3 Å². The van der Waals surface area contributed by atoms with Gasteiger partial charge in [0.1, 0.15) is 11.3 Å². The lowest BCUT2D eigenvalue weighted by molar-refractivity contribution is 0.0925. The van der Waals surface area contributed by atoms with Crippen molar-refractivity contribution in [3.8, 4) is 16.9 Å². The van der Waals surface area contributed by atoms with E-state index in [1.54, 1.807) is 7.11 Å². The van der Waals surface area contributed by atoms with Gasteiger partial charge < -0.3 is 19.8 Å². The molecule has 0 saturated carbocycles. The number of hydrogen-bond acceptors (Lipinski definition) is 4. The average molecular weight is 387 g/mol. The minimum absolute atomic E-state index is 0. The zero-order valence-corrected chi connectivity index (χ0v) is 16.0. The minimum atomic E-state index is -0.187. The van der Waals surface area contributed by atoms with Crippen LogP contribution in [0.2, 0.25) is 0 Å². The third-order valence-corrected chi connectivity index (χ3v) is 4.84. The molecular formula is C21H23ClN2O3. The van der Waals surface area contributed by atoms with Crippen molar-refractivity contribution >= 4 is 29.3 Å². The molecule has 6 heteroatoms. The summed E-state index contributed by atoms with van der Waals surface area (Å²) in [4.78, 5) is 12.9. The van der Waals surface area contributed by atoms with Crippen molar-refractivity contribution in [1.29, 1.82) is 0 Å². The molecule has 0 radical (unpaired) electrons. The maximum atomic E-state index is 12.9. The normalized spacial score (nSPS) is 16.1. The van der Waals surface area contributed by atoms with Gasteiger partial charge in [-0.1, -0.05) is 30.3 Å². The molecule has 4 rings (SSSR count). The van der Waals surface area contributed by atoms with E-state index in [4.69, 9.17) is 9.15 Å². The molecule has 1 saturated heterocycles. The molecule has 1 fully saturated rings. The Hall–Kier alpha value is -2.50. The van der Waals surface area contributed by atoms with Gasteiger partial charge in [-0.3, -0.25) is 4.79 Å². The highest BCUT2D eigenvalue weighted by atomic mass is 35.5. The third-order valence-electron chi connectivity index (χ3n) is 4.84. The number of furan rings is 1. The van der Waals surface area contributed by atoms with E-state index in [1.165, 1.54) is 0 Å². The molecule has 2 aromatic carbocycles. The fraction of sp³-hybridized carbons (Fsp3) is 0.286. The third kappa shape index (κ3) is 3.94. The fourth-order valence-corrected chi connectivity index (χ4v) is 3.48. The number of halogens is 1. The molecular weight excluding hydrogens is 364 g/mol. The SMILES string of the molecule is COc1ccc2c(-c3ccccc3)c(C(=O)NCC3CCCN3)oc2c1.Cl. The molecule has 1 aromatic heterocycles. The number of ether oxygens (including phenoxy) is 1. The molecule has 1 amide bonds. The Kier molecular flexibility index (Phi) is 6.04. The quantitative estimate of drug-likeness (QED) is 0.695. The van der Waals surface area contributed by atoms with Gasteiger partial charge in [0.15, 0.2) is 0 Å². The molecule has 1 atom stereocenters. The molecule has 27 heavy (non-hydrogen) atoms. The lowest BCUT2D eigenvalue weighted by Gasteiger charge is -2.11. The van der Waals surface area contributed by atoms with Crippen molar-refractivity contribution in [2.45, 2.75) is 18.9 Å². The van der Waals surface area contributed by atoms with Gasteiger partial charge in [-0.2, -0.15) is 0 Å². The Morgan fingerprint density at radius 3 is 2.78 bits per heavy atom. The Balaban J connectivity index is 0.00000210. The van der Waals surface area contributed by atoms with E-state index in [9.17, 15) is 4.79 Å². The van der Waals surface area contributed by atoms with Crippen molar-refractivity contribution in [2.24, 2.45) is 0 Å². The lowest BCUT2D eigenvalue weighted by Crippen LogP contribution is -2.37.